The van der Waals surface area contributed by atoms with Crippen molar-refractivity contribution < 1.29 is 4.79 Å². The molecule has 0 saturated carbocycles. The molecule has 1 aromatic carbocycles. The molecule has 0 radical (unpaired) electrons. The molecule has 2 aromatic rings. The minimum Gasteiger partial charge on any atom is -0.369 e. The number of primary amides is 1. The van der Waals surface area contributed by atoms with Gasteiger partial charge < -0.3 is 10.6 Å². The molecule has 1 saturated heterocycles. The van der Waals surface area contributed by atoms with E-state index in [4.69, 9.17) is 17.3 Å². The van der Waals surface area contributed by atoms with Crippen molar-refractivity contribution in [1.82, 2.24) is 4.98 Å². The van der Waals surface area contributed by atoms with Gasteiger partial charge in [-0.2, -0.15) is 0 Å². The molecule has 0 unspecified atom stereocenters. The van der Waals surface area contributed by atoms with Gasteiger partial charge in [0, 0.05) is 23.5 Å². The second kappa shape index (κ2) is 4.70. The van der Waals surface area contributed by atoms with Crippen LogP contribution < -0.4 is 10.6 Å². The summed E-state index contributed by atoms with van der Waals surface area (Å²) < 4.78 is 0. The van der Waals surface area contributed by atoms with Crippen LogP contribution in [0, 0.1) is 5.92 Å². The molecular weight excluding hydrogens is 262 g/mol. The van der Waals surface area contributed by atoms with Gasteiger partial charge >= 0.3 is 0 Å². The second-order valence-corrected chi connectivity index (χ2v) is 5.28. The predicted molar refractivity (Wildman–Crippen MR) is 76.3 cm³/mol. The van der Waals surface area contributed by atoms with Crippen LogP contribution in [0.5, 0.6) is 0 Å². The van der Waals surface area contributed by atoms with Gasteiger partial charge in [0.15, 0.2) is 0 Å². The number of pyridine rings is 1. The number of hydrogen-bond acceptors (Lipinski definition) is 3. The third kappa shape index (κ3) is 2.36. The van der Waals surface area contributed by atoms with Crippen LogP contribution >= 0.6 is 11.6 Å². The normalized spacial score (nSPS) is 19.0. The molecule has 3 rings (SSSR count). The van der Waals surface area contributed by atoms with Crippen molar-refractivity contribution in [3.05, 3.63) is 35.4 Å². The first-order chi connectivity index (χ1) is 9.13. The van der Waals surface area contributed by atoms with Gasteiger partial charge in [-0.1, -0.05) is 11.6 Å². The molecule has 1 atom stereocenters. The Hall–Kier alpha value is -1.81. The lowest BCUT2D eigenvalue weighted by Gasteiger charge is -2.17. The van der Waals surface area contributed by atoms with Crippen LogP contribution in [0.1, 0.15) is 6.42 Å². The standard InChI is InChI=1S/C14H14ClN3O/c15-11-2-3-12-9(7-11)1-4-13(17-12)18-6-5-10(8-18)14(16)19/h1-4,7,10H,5-6,8H2,(H2,16,19)/t10-/m1/s1. The molecule has 2 N–H and O–H groups in total. The summed E-state index contributed by atoms with van der Waals surface area (Å²) in [6.45, 7) is 1.47. The largest absolute Gasteiger partial charge is 0.369 e. The molecule has 19 heavy (non-hydrogen) atoms. The molecular formula is C14H14ClN3O. The minimum absolute atomic E-state index is 0.0669. The molecule has 2 heterocycles. The van der Waals surface area contributed by atoms with Gasteiger partial charge in [-0.05, 0) is 36.8 Å². The second-order valence-electron chi connectivity index (χ2n) is 4.84. The number of rotatable bonds is 2. The van der Waals surface area contributed by atoms with Crippen LogP contribution in [0.2, 0.25) is 5.02 Å². The smallest absolute Gasteiger partial charge is 0.222 e. The number of amides is 1. The molecule has 98 valence electrons. The fraction of sp³-hybridized carbons (Fsp3) is 0.286. The van der Waals surface area contributed by atoms with E-state index < -0.39 is 0 Å². The van der Waals surface area contributed by atoms with E-state index in [-0.39, 0.29) is 11.8 Å². The van der Waals surface area contributed by atoms with Crippen molar-refractivity contribution in [3.63, 3.8) is 0 Å². The van der Waals surface area contributed by atoms with Crippen molar-refractivity contribution in [2.45, 2.75) is 6.42 Å². The van der Waals surface area contributed by atoms with E-state index in [2.05, 4.69) is 9.88 Å². The van der Waals surface area contributed by atoms with Crippen LogP contribution in [0.25, 0.3) is 10.9 Å². The lowest BCUT2D eigenvalue weighted by Crippen LogP contribution is -2.27. The number of nitrogens with zero attached hydrogens (tertiary/aromatic N) is 2. The van der Waals surface area contributed by atoms with E-state index in [1.54, 1.807) is 0 Å². The van der Waals surface area contributed by atoms with Gasteiger partial charge in [0.25, 0.3) is 0 Å². The highest BCUT2D eigenvalue weighted by Gasteiger charge is 2.27. The predicted octanol–water partition coefficient (Wildman–Crippen LogP) is 2.20. The maximum atomic E-state index is 11.2. The third-order valence-corrected chi connectivity index (χ3v) is 3.79. The number of halogens is 1. The quantitative estimate of drug-likeness (QED) is 0.914. The van der Waals surface area contributed by atoms with E-state index >= 15 is 0 Å². The molecule has 5 heteroatoms. The number of benzene rings is 1. The Morgan fingerprint density at radius 2 is 2.21 bits per heavy atom. The Kier molecular flexibility index (Phi) is 3.03. The lowest BCUT2D eigenvalue weighted by atomic mass is 10.1. The number of nitrogens with two attached hydrogens (primary N) is 1. The molecule has 1 fully saturated rings. The maximum absolute atomic E-state index is 11.2. The fourth-order valence-electron chi connectivity index (χ4n) is 2.46. The van der Waals surface area contributed by atoms with E-state index in [0.29, 0.717) is 11.6 Å². The molecule has 1 amide bonds. The Balaban J connectivity index is 1.90. The Morgan fingerprint density at radius 1 is 1.37 bits per heavy atom. The zero-order chi connectivity index (χ0) is 13.4. The fourth-order valence-corrected chi connectivity index (χ4v) is 2.64. The first-order valence-corrected chi connectivity index (χ1v) is 6.62. The number of aromatic nitrogens is 1. The van der Waals surface area contributed by atoms with Gasteiger partial charge in [-0.15, -0.1) is 0 Å². The lowest BCUT2D eigenvalue weighted by molar-refractivity contribution is -0.121. The number of hydrogen-bond donors (Lipinski definition) is 1. The number of fused-ring (bicyclic) bond motifs is 1. The average molecular weight is 276 g/mol. The van der Waals surface area contributed by atoms with E-state index in [0.717, 1.165) is 29.7 Å². The van der Waals surface area contributed by atoms with E-state index in [9.17, 15) is 4.79 Å². The van der Waals surface area contributed by atoms with Crippen LogP contribution in [0.3, 0.4) is 0 Å². The van der Waals surface area contributed by atoms with Crippen LogP contribution in [-0.4, -0.2) is 24.0 Å². The zero-order valence-corrected chi connectivity index (χ0v) is 11.1. The molecule has 4 nitrogen and oxygen atoms in total. The van der Waals surface area contributed by atoms with Gasteiger partial charge in [0.1, 0.15) is 5.82 Å². The Bertz CT molecular complexity index is 644. The molecule has 1 aromatic heterocycles. The molecule has 1 aliphatic rings. The SMILES string of the molecule is NC(=O)[C@@H]1CCN(c2ccc3cc(Cl)ccc3n2)C1. The van der Waals surface area contributed by atoms with Crippen LogP contribution in [0.4, 0.5) is 5.82 Å². The summed E-state index contributed by atoms with van der Waals surface area (Å²) in [5.41, 5.74) is 6.25. The number of anilines is 1. The summed E-state index contributed by atoms with van der Waals surface area (Å²) in [7, 11) is 0. The number of carbonyl (C=O) groups is 1. The molecule has 0 spiro atoms. The summed E-state index contributed by atoms with van der Waals surface area (Å²) in [6.07, 6.45) is 0.801. The summed E-state index contributed by atoms with van der Waals surface area (Å²) in [4.78, 5) is 17.9. The summed E-state index contributed by atoms with van der Waals surface area (Å²) >= 11 is 5.95. The highest BCUT2D eigenvalue weighted by molar-refractivity contribution is 6.31. The Morgan fingerprint density at radius 3 is 2.95 bits per heavy atom. The first kappa shape index (κ1) is 12.2. The van der Waals surface area contributed by atoms with Gasteiger partial charge in [0.05, 0.1) is 11.4 Å². The van der Waals surface area contributed by atoms with Gasteiger partial charge in [-0.3, -0.25) is 4.79 Å². The highest BCUT2D eigenvalue weighted by Crippen LogP contribution is 2.25. The monoisotopic (exact) mass is 275 g/mol. The zero-order valence-electron chi connectivity index (χ0n) is 10.3. The van der Waals surface area contributed by atoms with Gasteiger partial charge in [0.2, 0.25) is 5.91 Å². The summed E-state index contributed by atoms with van der Waals surface area (Å²) in [6, 6.07) is 9.59. The molecule has 0 bridgehead atoms. The van der Waals surface area contributed by atoms with Gasteiger partial charge in [-0.25, -0.2) is 4.98 Å². The van der Waals surface area contributed by atoms with Crippen LogP contribution in [0.15, 0.2) is 30.3 Å². The van der Waals surface area contributed by atoms with Crippen molar-refractivity contribution in [3.8, 4) is 0 Å². The van der Waals surface area contributed by atoms with Crippen molar-refractivity contribution in [2.75, 3.05) is 18.0 Å². The summed E-state index contributed by atoms with van der Waals surface area (Å²) in [5, 5.41) is 1.72. The molecule has 1 aliphatic heterocycles. The summed E-state index contributed by atoms with van der Waals surface area (Å²) in [5.74, 6) is 0.594. The average Bonchev–Trinajstić information content (AvgIpc) is 2.88. The highest BCUT2D eigenvalue weighted by atomic mass is 35.5. The van der Waals surface area contributed by atoms with Crippen molar-refractivity contribution in [2.24, 2.45) is 11.7 Å². The maximum Gasteiger partial charge on any atom is 0.222 e. The minimum atomic E-state index is -0.227. The number of carbonyl (C=O) groups excluding carboxylic acids is 1. The van der Waals surface area contributed by atoms with Crippen LogP contribution in [-0.2, 0) is 4.79 Å². The van der Waals surface area contributed by atoms with E-state index in [1.807, 2.05) is 30.3 Å². The first-order valence-electron chi connectivity index (χ1n) is 6.24. The Labute approximate surface area is 116 Å². The van der Waals surface area contributed by atoms with Crippen molar-refractivity contribution >= 4 is 34.2 Å². The van der Waals surface area contributed by atoms with Crippen molar-refractivity contribution in [1.29, 1.82) is 0 Å². The third-order valence-electron chi connectivity index (χ3n) is 3.55. The van der Waals surface area contributed by atoms with E-state index in [1.165, 1.54) is 0 Å². The topological polar surface area (TPSA) is 59.2 Å². The molecule has 0 aliphatic carbocycles.